The van der Waals surface area contributed by atoms with Gasteiger partial charge in [0.25, 0.3) is 0 Å². The van der Waals surface area contributed by atoms with Crippen molar-refractivity contribution in [3.63, 3.8) is 0 Å². The Morgan fingerprint density at radius 1 is 0.923 bits per heavy atom. The number of aromatic nitrogens is 1. The molecular formula is C29H36N6O4. The Hall–Kier alpha value is -4.44. The first kappa shape index (κ1) is 29.1. The van der Waals surface area contributed by atoms with Gasteiger partial charge in [-0.25, -0.2) is 14.6 Å². The fourth-order valence-electron chi connectivity index (χ4n) is 3.71. The van der Waals surface area contributed by atoms with Gasteiger partial charge in [0, 0.05) is 31.4 Å². The van der Waals surface area contributed by atoms with Gasteiger partial charge < -0.3 is 20.3 Å². The number of nitrogens with one attached hydrogen (secondary N) is 4. The zero-order valence-electron chi connectivity index (χ0n) is 22.8. The van der Waals surface area contributed by atoms with Crippen molar-refractivity contribution in [1.29, 1.82) is 0 Å². The molecule has 10 heteroatoms. The monoisotopic (exact) mass is 532 g/mol. The van der Waals surface area contributed by atoms with Crippen molar-refractivity contribution in [2.45, 2.75) is 34.1 Å². The first-order chi connectivity index (χ1) is 18.8. The molecule has 0 fully saturated rings. The second kappa shape index (κ2) is 14.5. The Bertz CT molecular complexity index is 1280. The molecule has 2 aliphatic rings. The minimum absolute atomic E-state index is 0.324. The predicted octanol–water partition coefficient (Wildman–Crippen LogP) is 5.37. The second-order valence-corrected chi connectivity index (χ2v) is 8.94. The van der Waals surface area contributed by atoms with Crippen LogP contribution in [0, 0.1) is 6.92 Å². The highest BCUT2D eigenvalue weighted by atomic mass is 16.5. The van der Waals surface area contributed by atoms with Crippen molar-refractivity contribution < 1.29 is 19.1 Å². The molecule has 0 spiro atoms. The zero-order valence-corrected chi connectivity index (χ0v) is 22.8. The van der Waals surface area contributed by atoms with Crippen LogP contribution in [-0.4, -0.2) is 54.0 Å². The first-order valence-corrected chi connectivity index (χ1v) is 13.0. The lowest BCUT2D eigenvalue weighted by Crippen LogP contribution is -2.32. The smallest absolute Gasteiger partial charge is 0.325 e. The summed E-state index contributed by atoms with van der Waals surface area (Å²) in [6.07, 6.45) is 2.41. The summed E-state index contributed by atoms with van der Waals surface area (Å²) in [6, 6.07) is 15.9. The molecule has 1 heterocycles. The molecule has 2 aliphatic carbocycles. The van der Waals surface area contributed by atoms with E-state index in [2.05, 4.69) is 69.3 Å². The van der Waals surface area contributed by atoms with E-state index in [9.17, 15) is 14.4 Å². The van der Waals surface area contributed by atoms with Gasteiger partial charge in [-0.05, 0) is 80.0 Å². The molecule has 0 bridgehead atoms. The Labute approximate surface area is 229 Å². The summed E-state index contributed by atoms with van der Waals surface area (Å²) >= 11 is 0. The van der Waals surface area contributed by atoms with Gasteiger partial charge in [-0.2, -0.15) is 0 Å². The molecule has 4 N–H and O–H groups in total. The number of anilines is 2. The van der Waals surface area contributed by atoms with E-state index < -0.39 is 11.9 Å². The Kier molecular flexibility index (Phi) is 10.8. The van der Waals surface area contributed by atoms with E-state index in [1.807, 2.05) is 6.92 Å². The van der Waals surface area contributed by atoms with E-state index in [-0.39, 0.29) is 6.03 Å². The lowest BCUT2D eigenvalue weighted by Gasteiger charge is -2.17. The predicted molar refractivity (Wildman–Crippen MR) is 153 cm³/mol. The summed E-state index contributed by atoms with van der Waals surface area (Å²) in [7, 11) is 0. The van der Waals surface area contributed by atoms with Crippen LogP contribution in [0.5, 0.6) is 11.5 Å². The van der Waals surface area contributed by atoms with Crippen LogP contribution >= 0.6 is 0 Å². The van der Waals surface area contributed by atoms with E-state index in [0.29, 0.717) is 29.5 Å². The lowest BCUT2D eigenvalue weighted by atomic mass is 10.2. The number of carbonyl (C=O) groups excluding carboxylic acids is 3. The molecule has 5 amide bonds. The van der Waals surface area contributed by atoms with Crippen molar-refractivity contribution >= 4 is 29.5 Å². The second-order valence-electron chi connectivity index (χ2n) is 8.94. The molecule has 2 aromatic rings. The molecule has 0 aliphatic heterocycles. The number of aryl methyl sites for hydroxylation is 1. The van der Waals surface area contributed by atoms with Crippen molar-refractivity contribution in [2.24, 2.45) is 0 Å². The maximum Gasteiger partial charge on any atom is 0.325 e. The third kappa shape index (κ3) is 10.1. The number of benzene rings is 2. The number of rotatable bonds is 10. The molecule has 0 unspecified atom stereocenters. The van der Waals surface area contributed by atoms with Gasteiger partial charge in [0.1, 0.15) is 17.3 Å². The maximum absolute atomic E-state index is 12.1. The van der Waals surface area contributed by atoms with E-state index in [4.69, 9.17) is 4.74 Å². The molecule has 1 aromatic carbocycles. The van der Waals surface area contributed by atoms with Crippen molar-refractivity contribution in [3.8, 4) is 22.6 Å². The maximum atomic E-state index is 12.1. The average Bonchev–Trinajstić information content (AvgIpc) is 3.49. The summed E-state index contributed by atoms with van der Waals surface area (Å²) in [5.74, 6) is 0.996. The van der Waals surface area contributed by atoms with Gasteiger partial charge in [-0.15, -0.1) is 0 Å². The average molecular weight is 533 g/mol. The van der Waals surface area contributed by atoms with E-state index in [1.165, 1.54) is 18.1 Å². The number of hydrogen-bond acceptors (Lipinski definition) is 6. The quantitative estimate of drug-likeness (QED) is 0.204. The highest BCUT2D eigenvalue weighted by molar-refractivity contribution is 6.00. The third-order valence-electron chi connectivity index (χ3n) is 5.87. The van der Waals surface area contributed by atoms with Crippen molar-refractivity contribution in [1.82, 2.24) is 20.5 Å². The topological polar surface area (TPSA) is 125 Å². The fraction of sp³-hybridized carbons (Fsp3) is 0.310. The molecule has 0 radical (unpaired) electrons. The number of amides is 5. The lowest BCUT2D eigenvalue weighted by molar-refractivity contribution is -0.117. The summed E-state index contributed by atoms with van der Waals surface area (Å²) in [5.41, 5.74) is 4.14. The SMILES string of the molecule is CCN(CC)CCCNC(=O)Nc1cc(Oc2ccc(NC(=O)NC(C)=O)cc2C)ccn1.c1cc2cc-2c1. The summed E-state index contributed by atoms with van der Waals surface area (Å²) in [5, 5.41) is 10.3. The normalized spacial score (nSPS) is 10.6. The van der Waals surface area contributed by atoms with Crippen LogP contribution in [0.2, 0.25) is 0 Å². The number of urea groups is 2. The van der Waals surface area contributed by atoms with Crippen LogP contribution in [0.25, 0.3) is 11.1 Å². The van der Waals surface area contributed by atoms with Gasteiger partial charge in [0.05, 0.1) is 0 Å². The molecule has 206 valence electrons. The van der Waals surface area contributed by atoms with Crippen LogP contribution < -0.4 is 26.0 Å². The highest BCUT2D eigenvalue weighted by Gasteiger charge is 2.09. The van der Waals surface area contributed by atoms with Crippen molar-refractivity contribution in [3.05, 3.63) is 66.4 Å². The largest absolute Gasteiger partial charge is 0.457 e. The number of fused-ring (bicyclic) bond motifs is 1. The number of imide groups is 1. The van der Waals surface area contributed by atoms with Gasteiger partial charge in [-0.1, -0.05) is 32.0 Å². The van der Waals surface area contributed by atoms with E-state index in [1.54, 1.807) is 36.5 Å². The molecule has 0 saturated heterocycles. The molecule has 10 nitrogen and oxygen atoms in total. The van der Waals surface area contributed by atoms with Crippen LogP contribution in [0.3, 0.4) is 0 Å². The van der Waals surface area contributed by atoms with Crippen LogP contribution in [0.4, 0.5) is 21.1 Å². The standard InChI is InChI=1S/C23H32N6O4.C6H4/c1-5-29(6-2)13-7-11-25-22(31)28-21-15-19(10-12-24-21)33-20-9-8-18(14-16(20)3)27-23(32)26-17(4)30;1-2-5-4-6(5)3-1/h8-10,12,14-15H,5-7,11,13H2,1-4H3,(H2,24,25,28,31)(H2,26,27,30,32);1-4H. The molecule has 39 heavy (non-hydrogen) atoms. The fourth-order valence-corrected chi connectivity index (χ4v) is 3.71. The van der Waals surface area contributed by atoms with Gasteiger partial charge >= 0.3 is 12.1 Å². The third-order valence-corrected chi connectivity index (χ3v) is 5.87. The minimum Gasteiger partial charge on any atom is -0.457 e. The van der Waals surface area contributed by atoms with Crippen LogP contribution in [0.1, 0.15) is 32.8 Å². The molecule has 4 rings (SSSR count). The Balaban J connectivity index is 0.000000603. The van der Waals surface area contributed by atoms with Gasteiger partial charge in [0.2, 0.25) is 5.91 Å². The zero-order chi connectivity index (χ0) is 28.2. The molecule has 0 saturated carbocycles. The Morgan fingerprint density at radius 2 is 1.67 bits per heavy atom. The number of nitrogens with zero attached hydrogens (tertiary/aromatic N) is 2. The number of pyridine rings is 1. The van der Waals surface area contributed by atoms with Crippen molar-refractivity contribution in [2.75, 3.05) is 36.8 Å². The minimum atomic E-state index is -0.605. The van der Waals surface area contributed by atoms with E-state index >= 15 is 0 Å². The highest BCUT2D eigenvalue weighted by Crippen LogP contribution is 2.32. The Morgan fingerprint density at radius 3 is 2.26 bits per heavy atom. The van der Waals surface area contributed by atoms with Gasteiger partial charge in [-0.3, -0.25) is 15.4 Å². The molecule has 1 aromatic heterocycles. The molecular weight excluding hydrogens is 496 g/mol. The number of ether oxygens (including phenoxy) is 1. The van der Waals surface area contributed by atoms with Crippen LogP contribution in [0.15, 0.2) is 60.8 Å². The first-order valence-electron chi connectivity index (χ1n) is 13.0. The summed E-state index contributed by atoms with van der Waals surface area (Å²) in [4.78, 5) is 41.2. The summed E-state index contributed by atoms with van der Waals surface area (Å²) < 4.78 is 5.91. The molecule has 0 atom stereocenters. The van der Waals surface area contributed by atoms with Crippen LogP contribution in [-0.2, 0) is 4.79 Å². The number of hydrogen-bond donors (Lipinski definition) is 4. The van der Waals surface area contributed by atoms with Gasteiger partial charge in [0.15, 0.2) is 0 Å². The van der Waals surface area contributed by atoms with E-state index in [0.717, 1.165) is 31.6 Å². The number of carbonyl (C=O) groups is 3. The summed E-state index contributed by atoms with van der Waals surface area (Å²) in [6.45, 7) is 10.8.